The molecule has 0 spiro atoms. The van der Waals surface area contributed by atoms with Crippen LogP contribution in [0.3, 0.4) is 0 Å². The van der Waals surface area contributed by atoms with Crippen LogP contribution in [0.4, 0.5) is 10.1 Å². The van der Waals surface area contributed by atoms with Crippen molar-refractivity contribution in [3.05, 3.63) is 90.3 Å². The lowest BCUT2D eigenvalue weighted by atomic mass is 9.97. The fourth-order valence-corrected chi connectivity index (χ4v) is 5.01. The highest BCUT2D eigenvalue weighted by atomic mass is 19.1. The standard InChI is InChI=1S/C31H33FN4O5/c1-19(2)29-28(31(41)35-22-6-4-3-5-7-22)27(25-12-14-33-18-34-25)30(20-8-10-21(32)11-9-20)36(29)15-13-23(37)16-24(38)17-26(39)40/h3-12,14,18-19,23-24,37-38H,13,15-17H2,1-2H3,(H,35,41)(H,39,40)/t23-,24-/m1/s1. The molecule has 0 unspecified atom stereocenters. The van der Waals surface area contributed by atoms with Gasteiger partial charge in [-0.15, -0.1) is 0 Å². The predicted molar refractivity (Wildman–Crippen MR) is 153 cm³/mol. The molecule has 2 atom stereocenters. The van der Waals surface area contributed by atoms with E-state index in [2.05, 4.69) is 15.3 Å². The van der Waals surface area contributed by atoms with Gasteiger partial charge in [-0.1, -0.05) is 32.0 Å². The maximum Gasteiger partial charge on any atom is 0.305 e. The molecule has 0 bridgehead atoms. The summed E-state index contributed by atoms with van der Waals surface area (Å²) < 4.78 is 15.9. The number of carbonyl (C=O) groups excluding carboxylic acids is 1. The normalized spacial score (nSPS) is 12.7. The zero-order valence-electron chi connectivity index (χ0n) is 22.9. The summed E-state index contributed by atoms with van der Waals surface area (Å²) >= 11 is 0. The number of nitrogens with one attached hydrogen (secondary N) is 1. The minimum absolute atomic E-state index is 0.115. The van der Waals surface area contributed by atoms with Crippen molar-refractivity contribution >= 4 is 17.6 Å². The highest BCUT2D eigenvalue weighted by Crippen LogP contribution is 2.42. The molecule has 0 aliphatic rings. The Morgan fingerprint density at radius 1 is 1.00 bits per heavy atom. The van der Waals surface area contributed by atoms with Crippen molar-refractivity contribution in [2.45, 2.75) is 57.8 Å². The van der Waals surface area contributed by atoms with Crippen molar-refractivity contribution in [1.82, 2.24) is 14.5 Å². The first-order valence-corrected chi connectivity index (χ1v) is 13.4. The number of carboxylic acids is 1. The fraction of sp³-hybridized carbons (Fsp3) is 0.290. The number of aliphatic carboxylic acids is 1. The quantitative estimate of drug-likeness (QED) is 0.189. The highest BCUT2D eigenvalue weighted by Gasteiger charge is 2.31. The average Bonchev–Trinajstić information content (AvgIpc) is 3.28. The van der Waals surface area contributed by atoms with Gasteiger partial charge in [0.15, 0.2) is 0 Å². The smallest absolute Gasteiger partial charge is 0.305 e. The number of nitrogens with zero attached hydrogens (tertiary/aromatic N) is 3. The van der Waals surface area contributed by atoms with Gasteiger partial charge in [-0.05, 0) is 66.8 Å². The zero-order valence-corrected chi connectivity index (χ0v) is 22.9. The minimum Gasteiger partial charge on any atom is -0.481 e. The Kier molecular flexibility index (Phi) is 9.59. The third-order valence-corrected chi connectivity index (χ3v) is 6.71. The number of benzene rings is 2. The molecule has 41 heavy (non-hydrogen) atoms. The van der Waals surface area contributed by atoms with E-state index in [4.69, 9.17) is 5.11 Å². The van der Waals surface area contributed by atoms with E-state index < -0.39 is 30.4 Å². The van der Waals surface area contributed by atoms with Gasteiger partial charge in [-0.3, -0.25) is 9.59 Å². The Morgan fingerprint density at radius 2 is 1.71 bits per heavy atom. The molecular weight excluding hydrogens is 527 g/mol. The lowest BCUT2D eigenvalue weighted by molar-refractivity contribution is -0.139. The number of aliphatic hydroxyl groups excluding tert-OH is 2. The minimum atomic E-state index is -1.20. The molecule has 2 aromatic heterocycles. The summed E-state index contributed by atoms with van der Waals surface area (Å²) in [5, 5.41) is 32.7. The van der Waals surface area contributed by atoms with E-state index in [0.29, 0.717) is 39.5 Å². The summed E-state index contributed by atoms with van der Waals surface area (Å²) in [5.41, 5.74) is 3.98. The van der Waals surface area contributed by atoms with E-state index in [1.54, 1.807) is 36.5 Å². The van der Waals surface area contributed by atoms with E-state index in [0.717, 1.165) is 0 Å². The molecule has 2 heterocycles. The number of carboxylic acid groups (broad SMARTS) is 1. The molecule has 0 radical (unpaired) electrons. The van der Waals surface area contributed by atoms with Crippen molar-refractivity contribution in [1.29, 1.82) is 0 Å². The number of carbonyl (C=O) groups is 2. The number of para-hydroxylation sites is 1. The molecule has 9 nitrogen and oxygen atoms in total. The second kappa shape index (κ2) is 13.3. The van der Waals surface area contributed by atoms with Crippen molar-refractivity contribution in [2.75, 3.05) is 5.32 Å². The Morgan fingerprint density at radius 3 is 2.32 bits per heavy atom. The van der Waals surface area contributed by atoms with Gasteiger partial charge in [0.1, 0.15) is 12.1 Å². The summed E-state index contributed by atoms with van der Waals surface area (Å²) in [5.74, 6) is -2.08. The van der Waals surface area contributed by atoms with Crippen molar-refractivity contribution < 1.29 is 29.3 Å². The van der Waals surface area contributed by atoms with Crippen LogP contribution in [0.15, 0.2) is 73.2 Å². The summed E-state index contributed by atoms with van der Waals surface area (Å²) in [6, 6.07) is 16.7. The highest BCUT2D eigenvalue weighted by molar-refractivity contribution is 6.12. The van der Waals surface area contributed by atoms with E-state index in [9.17, 15) is 24.2 Å². The Balaban J connectivity index is 1.89. The molecular formula is C31H33FN4O5. The average molecular weight is 561 g/mol. The number of aliphatic hydroxyl groups is 2. The maximum atomic E-state index is 14.0. The van der Waals surface area contributed by atoms with E-state index in [1.165, 1.54) is 18.5 Å². The van der Waals surface area contributed by atoms with Gasteiger partial charge < -0.3 is 25.2 Å². The van der Waals surface area contributed by atoms with Crippen LogP contribution < -0.4 is 5.32 Å². The maximum absolute atomic E-state index is 14.0. The van der Waals surface area contributed by atoms with E-state index in [-0.39, 0.29) is 31.2 Å². The number of amides is 1. The SMILES string of the molecule is CC(C)c1c(C(=O)Nc2ccccc2)c(-c2ccncn2)c(-c2ccc(F)cc2)n1CC[C@@H](O)C[C@@H](O)CC(=O)O. The Bertz CT molecular complexity index is 1470. The Hall–Kier alpha value is -4.41. The van der Waals surface area contributed by atoms with Crippen LogP contribution in [0.1, 0.15) is 55.1 Å². The van der Waals surface area contributed by atoms with Crippen LogP contribution in [-0.2, 0) is 11.3 Å². The summed E-state index contributed by atoms with van der Waals surface area (Å²) in [6.07, 6.45) is 0.353. The van der Waals surface area contributed by atoms with Gasteiger partial charge in [0, 0.05) is 29.7 Å². The van der Waals surface area contributed by atoms with Crippen LogP contribution in [0.5, 0.6) is 0 Å². The largest absolute Gasteiger partial charge is 0.481 e. The summed E-state index contributed by atoms with van der Waals surface area (Å²) in [7, 11) is 0. The van der Waals surface area contributed by atoms with Crippen LogP contribution in [-0.4, -0.2) is 53.9 Å². The number of halogens is 1. The third kappa shape index (κ3) is 7.22. The Labute approximate surface area is 237 Å². The number of rotatable bonds is 12. The fourth-order valence-electron chi connectivity index (χ4n) is 5.01. The van der Waals surface area contributed by atoms with E-state index in [1.807, 2.05) is 36.6 Å². The number of aromatic nitrogens is 3. The van der Waals surface area contributed by atoms with Crippen molar-refractivity contribution in [2.24, 2.45) is 0 Å². The number of anilines is 1. The molecule has 4 N–H and O–H groups in total. The molecule has 4 rings (SSSR count). The predicted octanol–water partition coefficient (Wildman–Crippen LogP) is 5.10. The second-order valence-corrected chi connectivity index (χ2v) is 10.1. The lowest BCUT2D eigenvalue weighted by Gasteiger charge is -2.20. The van der Waals surface area contributed by atoms with Crippen LogP contribution in [0.2, 0.25) is 0 Å². The molecule has 2 aromatic carbocycles. The van der Waals surface area contributed by atoms with Gasteiger partial charge in [0.25, 0.3) is 5.91 Å². The van der Waals surface area contributed by atoms with Crippen molar-refractivity contribution in [3.8, 4) is 22.5 Å². The zero-order chi connectivity index (χ0) is 29.5. The van der Waals surface area contributed by atoms with Gasteiger partial charge in [-0.2, -0.15) is 0 Å². The molecule has 0 fully saturated rings. The number of hydrogen-bond donors (Lipinski definition) is 4. The molecule has 1 amide bonds. The second-order valence-electron chi connectivity index (χ2n) is 10.1. The van der Waals surface area contributed by atoms with Crippen molar-refractivity contribution in [3.63, 3.8) is 0 Å². The first-order valence-electron chi connectivity index (χ1n) is 13.4. The molecule has 4 aromatic rings. The van der Waals surface area contributed by atoms with Gasteiger partial charge >= 0.3 is 5.97 Å². The first-order chi connectivity index (χ1) is 19.7. The van der Waals surface area contributed by atoms with Gasteiger partial charge in [0.05, 0.1) is 35.6 Å². The van der Waals surface area contributed by atoms with Crippen LogP contribution in [0, 0.1) is 5.82 Å². The lowest BCUT2D eigenvalue weighted by Crippen LogP contribution is -2.22. The van der Waals surface area contributed by atoms with Gasteiger partial charge in [0.2, 0.25) is 0 Å². The van der Waals surface area contributed by atoms with Crippen LogP contribution in [0.25, 0.3) is 22.5 Å². The monoisotopic (exact) mass is 560 g/mol. The molecule has 0 aliphatic heterocycles. The van der Waals surface area contributed by atoms with Gasteiger partial charge in [-0.25, -0.2) is 14.4 Å². The summed E-state index contributed by atoms with van der Waals surface area (Å²) in [6.45, 7) is 4.14. The van der Waals surface area contributed by atoms with E-state index >= 15 is 0 Å². The summed E-state index contributed by atoms with van der Waals surface area (Å²) in [4.78, 5) is 33.5. The third-order valence-electron chi connectivity index (χ3n) is 6.71. The number of hydrogen-bond acceptors (Lipinski definition) is 6. The van der Waals surface area contributed by atoms with Crippen LogP contribution >= 0.6 is 0 Å². The topological polar surface area (TPSA) is 138 Å². The molecule has 214 valence electrons. The molecule has 0 aliphatic carbocycles. The molecule has 0 saturated carbocycles. The first kappa shape index (κ1) is 29.6. The molecule has 0 saturated heterocycles. The molecule has 10 heteroatoms.